The summed E-state index contributed by atoms with van der Waals surface area (Å²) in [5.74, 6) is -1.91. The van der Waals surface area contributed by atoms with Crippen LogP contribution >= 0.6 is 0 Å². The zero-order valence-corrected chi connectivity index (χ0v) is 7.66. The fraction of sp³-hybridized carbons (Fsp3) is 0.556. The van der Waals surface area contributed by atoms with Crippen LogP contribution in [0.3, 0.4) is 0 Å². The second-order valence-electron chi connectivity index (χ2n) is 2.57. The van der Waals surface area contributed by atoms with E-state index in [2.05, 4.69) is 11.7 Å². The van der Waals surface area contributed by atoms with Gasteiger partial charge in [0.15, 0.2) is 0 Å². The van der Waals surface area contributed by atoms with Crippen LogP contribution in [-0.2, 0) is 14.3 Å². The average Bonchev–Trinajstić information content (AvgIpc) is 2.02. The lowest BCUT2D eigenvalue weighted by molar-refractivity contribution is -0.147. The van der Waals surface area contributed by atoms with Crippen LogP contribution in [0.2, 0.25) is 0 Å². The van der Waals surface area contributed by atoms with Gasteiger partial charge in [0.1, 0.15) is 6.42 Å². The van der Waals surface area contributed by atoms with E-state index < -0.39 is 18.4 Å². The van der Waals surface area contributed by atoms with E-state index in [1.54, 1.807) is 6.08 Å². The van der Waals surface area contributed by atoms with Crippen molar-refractivity contribution in [1.29, 1.82) is 0 Å². The lowest BCUT2D eigenvalue weighted by Gasteiger charge is -1.94. The minimum Gasteiger partial charge on any atom is -0.481 e. The monoisotopic (exact) mass is 186 g/mol. The number of rotatable bonds is 6. The first kappa shape index (κ1) is 11.7. The summed E-state index contributed by atoms with van der Waals surface area (Å²) in [5.41, 5.74) is 0. The third-order valence-electron chi connectivity index (χ3n) is 1.32. The largest absolute Gasteiger partial charge is 0.481 e. The Morgan fingerprint density at radius 2 is 2.15 bits per heavy atom. The molecule has 1 N–H and O–H groups in total. The minimum atomic E-state index is -1.17. The number of unbranched alkanes of at least 4 members (excludes halogenated alkanes) is 2. The molecule has 13 heavy (non-hydrogen) atoms. The quantitative estimate of drug-likeness (QED) is 0.297. The molecule has 0 unspecified atom stereocenters. The number of aliphatic carboxylic acids is 1. The number of hydrogen-bond acceptors (Lipinski definition) is 3. The summed E-state index contributed by atoms with van der Waals surface area (Å²) in [7, 11) is 0. The van der Waals surface area contributed by atoms with Crippen molar-refractivity contribution in [3.05, 3.63) is 12.3 Å². The molecule has 0 rings (SSSR count). The summed E-state index contributed by atoms with van der Waals surface area (Å²) in [6.07, 6.45) is 5.33. The lowest BCUT2D eigenvalue weighted by atomic mass is 10.2. The molecule has 0 heterocycles. The number of carboxylic acid groups (broad SMARTS) is 1. The van der Waals surface area contributed by atoms with Crippen LogP contribution < -0.4 is 0 Å². The Bertz CT molecular complexity index is 196. The maximum Gasteiger partial charge on any atom is 0.321 e. The Balaban J connectivity index is 3.46. The third-order valence-corrected chi connectivity index (χ3v) is 1.32. The van der Waals surface area contributed by atoms with E-state index in [9.17, 15) is 9.59 Å². The normalized spacial score (nSPS) is 10.2. The van der Waals surface area contributed by atoms with Gasteiger partial charge in [-0.1, -0.05) is 13.3 Å². The summed E-state index contributed by atoms with van der Waals surface area (Å²) in [5, 5.41) is 8.20. The molecule has 0 aromatic carbocycles. The predicted molar refractivity (Wildman–Crippen MR) is 47.0 cm³/mol. The number of ether oxygens (including phenoxy) is 1. The van der Waals surface area contributed by atoms with Gasteiger partial charge in [-0.15, -0.1) is 0 Å². The molecule has 0 radical (unpaired) electrons. The van der Waals surface area contributed by atoms with Crippen molar-refractivity contribution in [2.45, 2.75) is 32.6 Å². The van der Waals surface area contributed by atoms with Crippen molar-refractivity contribution < 1.29 is 19.4 Å². The molecular weight excluding hydrogens is 172 g/mol. The minimum absolute atomic E-state index is 0.585. The molecule has 0 bridgehead atoms. The van der Waals surface area contributed by atoms with E-state index in [0.29, 0.717) is 0 Å². The van der Waals surface area contributed by atoms with Crippen LogP contribution in [0, 0.1) is 0 Å². The van der Waals surface area contributed by atoms with Gasteiger partial charge in [-0.3, -0.25) is 9.59 Å². The first-order chi connectivity index (χ1) is 6.16. The molecule has 4 nitrogen and oxygen atoms in total. The molecule has 0 saturated heterocycles. The van der Waals surface area contributed by atoms with E-state index in [1.807, 2.05) is 0 Å². The Labute approximate surface area is 77.2 Å². The van der Waals surface area contributed by atoms with E-state index in [-0.39, 0.29) is 0 Å². The highest BCUT2D eigenvalue weighted by molar-refractivity contribution is 5.90. The van der Waals surface area contributed by atoms with E-state index in [0.717, 1.165) is 19.3 Å². The molecule has 0 spiro atoms. The first-order valence-electron chi connectivity index (χ1n) is 4.23. The molecular formula is C9H14O4. The van der Waals surface area contributed by atoms with Gasteiger partial charge in [0, 0.05) is 0 Å². The van der Waals surface area contributed by atoms with Crippen molar-refractivity contribution >= 4 is 11.9 Å². The molecule has 4 heteroatoms. The van der Waals surface area contributed by atoms with Crippen molar-refractivity contribution in [2.24, 2.45) is 0 Å². The Kier molecular flexibility index (Phi) is 6.59. The maximum absolute atomic E-state index is 10.6. The maximum atomic E-state index is 10.6. The zero-order valence-electron chi connectivity index (χ0n) is 7.66. The van der Waals surface area contributed by atoms with E-state index in [4.69, 9.17) is 5.11 Å². The Hall–Kier alpha value is -1.32. The average molecular weight is 186 g/mol. The van der Waals surface area contributed by atoms with Crippen LogP contribution in [0.25, 0.3) is 0 Å². The molecule has 0 fully saturated rings. The highest BCUT2D eigenvalue weighted by atomic mass is 16.5. The van der Waals surface area contributed by atoms with Gasteiger partial charge in [-0.2, -0.15) is 0 Å². The summed E-state index contributed by atoms with van der Waals surface area (Å²) >= 11 is 0. The van der Waals surface area contributed by atoms with Gasteiger partial charge >= 0.3 is 11.9 Å². The summed E-state index contributed by atoms with van der Waals surface area (Å²) in [6.45, 7) is 2.06. The van der Waals surface area contributed by atoms with Crippen molar-refractivity contribution in [1.82, 2.24) is 0 Å². The second kappa shape index (κ2) is 7.34. The number of allylic oxidation sites excluding steroid dienone is 1. The lowest BCUT2D eigenvalue weighted by Crippen LogP contribution is -2.07. The van der Waals surface area contributed by atoms with Crippen LogP contribution in [0.15, 0.2) is 12.3 Å². The fourth-order valence-electron chi connectivity index (χ4n) is 0.679. The predicted octanol–water partition coefficient (Wildman–Crippen LogP) is 1.71. The molecule has 0 aromatic rings. The zero-order chi connectivity index (χ0) is 10.1. The molecule has 0 aliphatic carbocycles. The van der Waals surface area contributed by atoms with Gasteiger partial charge in [-0.05, 0) is 18.9 Å². The summed E-state index contributed by atoms with van der Waals surface area (Å²) in [4.78, 5) is 20.7. The Morgan fingerprint density at radius 1 is 1.46 bits per heavy atom. The summed E-state index contributed by atoms with van der Waals surface area (Å²) in [6, 6.07) is 0. The number of hydrogen-bond donors (Lipinski definition) is 1. The van der Waals surface area contributed by atoms with Crippen molar-refractivity contribution in [3.63, 3.8) is 0 Å². The summed E-state index contributed by atoms with van der Waals surface area (Å²) < 4.78 is 4.50. The van der Waals surface area contributed by atoms with Gasteiger partial charge in [0.25, 0.3) is 0 Å². The topological polar surface area (TPSA) is 63.6 Å². The molecule has 0 aromatic heterocycles. The third kappa shape index (κ3) is 8.59. The van der Waals surface area contributed by atoms with Crippen molar-refractivity contribution in [2.75, 3.05) is 0 Å². The fourth-order valence-corrected chi connectivity index (χ4v) is 0.679. The number of carbonyl (C=O) groups excluding carboxylic acids is 1. The highest BCUT2D eigenvalue weighted by Gasteiger charge is 2.06. The van der Waals surface area contributed by atoms with Crippen LogP contribution in [-0.4, -0.2) is 17.0 Å². The van der Waals surface area contributed by atoms with Crippen LogP contribution in [0.5, 0.6) is 0 Å². The van der Waals surface area contributed by atoms with Crippen molar-refractivity contribution in [3.8, 4) is 0 Å². The van der Waals surface area contributed by atoms with Gasteiger partial charge in [-0.25, -0.2) is 0 Å². The number of esters is 1. The van der Waals surface area contributed by atoms with Gasteiger partial charge < -0.3 is 9.84 Å². The van der Waals surface area contributed by atoms with Gasteiger partial charge in [0.05, 0.1) is 6.26 Å². The molecule has 0 saturated carbocycles. The SMILES string of the molecule is CCCCC=COC(=O)CC(=O)O. The van der Waals surface area contributed by atoms with Crippen LogP contribution in [0.1, 0.15) is 32.6 Å². The standard InChI is InChI=1S/C9H14O4/c1-2-3-4-5-6-13-9(12)7-8(10)11/h5-6H,2-4,7H2,1H3,(H,10,11). The second-order valence-corrected chi connectivity index (χ2v) is 2.57. The molecule has 0 amide bonds. The Morgan fingerprint density at radius 3 is 2.69 bits per heavy atom. The number of carboxylic acids is 1. The first-order valence-corrected chi connectivity index (χ1v) is 4.23. The molecule has 0 aliphatic rings. The number of carbonyl (C=O) groups is 2. The molecule has 0 atom stereocenters. The van der Waals surface area contributed by atoms with Gasteiger partial charge in [0.2, 0.25) is 0 Å². The van der Waals surface area contributed by atoms with Crippen LogP contribution in [0.4, 0.5) is 0 Å². The molecule has 0 aliphatic heterocycles. The highest BCUT2D eigenvalue weighted by Crippen LogP contribution is 1.95. The smallest absolute Gasteiger partial charge is 0.321 e. The molecule has 74 valence electrons. The van der Waals surface area contributed by atoms with E-state index in [1.165, 1.54) is 6.26 Å². The van der Waals surface area contributed by atoms with E-state index >= 15 is 0 Å².